The second kappa shape index (κ2) is 7.60. The molecule has 4 bridgehead atoms. The predicted octanol–water partition coefficient (Wildman–Crippen LogP) is 3.17. The van der Waals surface area contributed by atoms with E-state index in [-0.39, 0.29) is 28.9 Å². The van der Waals surface area contributed by atoms with Crippen molar-refractivity contribution >= 4 is 33.9 Å². The van der Waals surface area contributed by atoms with Crippen LogP contribution in [0.4, 0.5) is 4.79 Å². The minimum Gasteiger partial charge on any atom is -0.463 e. The van der Waals surface area contributed by atoms with Crippen molar-refractivity contribution in [3.05, 3.63) is 11.3 Å². The number of hydrogen-bond donors (Lipinski definition) is 2. The molecule has 5 rings (SSSR count). The molecule has 160 valence electrons. The van der Waals surface area contributed by atoms with Gasteiger partial charge in [-0.25, -0.2) is 9.59 Å². The number of nitrogens with one attached hydrogen (secondary N) is 2. The molecule has 4 aliphatic carbocycles. The molecule has 0 unspecified atom stereocenters. The van der Waals surface area contributed by atoms with Gasteiger partial charge in [0.15, 0.2) is 0 Å². The fraction of sp³-hybridized carbons (Fsp3) is 0.762. The number of halogens is 1. The third-order valence-corrected chi connectivity index (χ3v) is 7.80. The van der Waals surface area contributed by atoms with Crippen LogP contribution < -0.4 is 10.6 Å². The maximum absolute atomic E-state index is 12.7. The van der Waals surface area contributed by atoms with Crippen molar-refractivity contribution in [2.75, 3.05) is 13.2 Å². The standard InChI is InChI=1S/C21H29BrN2O5/c1-3-28-18(26)17-12(2)23-19(27)24-15(17)10-29-16(25)9-20-5-13-4-14(6-20)8-21(22,7-13)11-20/h12-14H,3-11H2,1-2H3,(H2,23,24,27)/t12-,13-,14-,20?,21?/m1/s1. The second-order valence-electron chi connectivity index (χ2n) is 9.38. The van der Waals surface area contributed by atoms with Crippen LogP contribution in [-0.2, 0) is 19.1 Å². The highest BCUT2D eigenvalue weighted by Crippen LogP contribution is 2.65. The highest BCUT2D eigenvalue weighted by Gasteiger charge is 2.57. The first-order valence-electron chi connectivity index (χ1n) is 10.5. The zero-order valence-corrected chi connectivity index (χ0v) is 18.6. The van der Waals surface area contributed by atoms with E-state index in [1.807, 2.05) is 0 Å². The Morgan fingerprint density at radius 3 is 2.48 bits per heavy atom. The Morgan fingerprint density at radius 1 is 1.17 bits per heavy atom. The van der Waals surface area contributed by atoms with Crippen LogP contribution in [-0.4, -0.2) is 41.5 Å². The molecule has 4 fully saturated rings. The largest absolute Gasteiger partial charge is 0.463 e. The first-order chi connectivity index (χ1) is 13.7. The summed E-state index contributed by atoms with van der Waals surface area (Å²) in [6.07, 6.45) is 7.34. The Kier molecular flexibility index (Phi) is 5.42. The van der Waals surface area contributed by atoms with Crippen LogP contribution in [0.25, 0.3) is 0 Å². The summed E-state index contributed by atoms with van der Waals surface area (Å²) >= 11 is 3.97. The summed E-state index contributed by atoms with van der Waals surface area (Å²) in [5, 5.41) is 5.24. The van der Waals surface area contributed by atoms with Gasteiger partial charge in [0.1, 0.15) is 6.61 Å². The Hall–Kier alpha value is -1.57. The Labute approximate surface area is 179 Å². The quantitative estimate of drug-likeness (QED) is 0.461. The lowest BCUT2D eigenvalue weighted by molar-refractivity contribution is -0.150. The van der Waals surface area contributed by atoms with Gasteiger partial charge in [0.2, 0.25) is 0 Å². The topological polar surface area (TPSA) is 93.7 Å². The Balaban J connectivity index is 1.42. The van der Waals surface area contributed by atoms with E-state index in [9.17, 15) is 14.4 Å². The van der Waals surface area contributed by atoms with Gasteiger partial charge in [-0.1, -0.05) is 15.9 Å². The molecule has 1 heterocycles. The Morgan fingerprint density at radius 2 is 1.86 bits per heavy atom. The number of rotatable bonds is 6. The molecule has 3 atom stereocenters. The van der Waals surface area contributed by atoms with Gasteiger partial charge < -0.3 is 20.1 Å². The minimum atomic E-state index is -0.513. The van der Waals surface area contributed by atoms with Gasteiger partial charge in [-0.2, -0.15) is 0 Å². The Bertz CT molecular complexity index is 750. The second-order valence-corrected chi connectivity index (χ2v) is 11.1. The molecular weight excluding hydrogens is 440 g/mol. The van der Waals surface area contributed by atoms with E-state index in [1.54, 1.807) is 13.8 Å². The lowest BCUT2D eigenvalue weighted by Crippen LogP contribution is -2.53. The van der Waals surface area contributed by atoms with Crippen LogP contribution in [0.1, 0.15) is 58.8 Å². The maximum Gasteiger partial charge on any atom is 0.338 e. The molecule has 1 aliphatic heterocycles. The SMILES string of the molecule is CCOC(=O)C1=C(COC(=O)CC23C[C@H]4C[C@@H](CC(Br)(C4)C2)C3)NC(=O)N[C@@H]1C. The van der Waals surface area contributed by atoms with Gasteiger partial charge in [0, 0.05) is 4.32 Å². The minimum absolute atomic E-state index is 0.0215. The fourth-order valence-corrected chi connectivity index (χ4v) is 7.96. The summed E-state index contributed by atoms with van der Waals surface area (Å²) in [5.41, 5.74) is 0.622. The molecule has 2 N–H and O–H groups in total. The van der Waals surface area contributed by atoms with Gasteiger partial charge in [-0.15, -0.1) is 0 Å². The number of carbonyl (C=O) groups excluding carboxylic acids is 3. The predicted molar refractivity (Wildman–Crippen MR) is 109 cm³/mol. The van der Waals surface area contributed by atoms with Gasteiger partial charge in [-0.05, 0) is 69.6 Å². The van der Waals surface area contributed by atoms with Crippen molar-refractivity contribution in [3.63, 3.8) is 0 Å². The van der Waals surface area contributed by atoms with E-state index >= 15 is 0 Å². The lowest BCUT2D eigenvalue weighted by atomic mass is 9.49. The van der Waals surface area contributed by atoms with E-state index < -0.39 is 18.0 Å². The molecule has 0 aromatic rings. The van der Waals surface area contributed by atoms with E-state index in [0.717, 1.165) is 19.3 Å². The normalized spacial score (nSPS) is 37.8. The van der Waals surface area contributed by atoms with Crippen LogP contribution in [0, 0.1) is 17.3 Å². The summed E-state index contributed by atoms with van der Waals surface area (Å²) < 4.78 is 10.8. The van der Waals surface area contributed by atoms with Crippen LogP contribution in [0.3, 0.4) is 0 Å². The number of alkyl halides is 1. The molecule has 7 nitrogen and oxygen atoms in total. The van der Waals surface area contributed by atoms with Crippen molar-refractivity contribution in [2.24, 2.45) is 17.3 Å². The van der Waals surface area contributed by atoms with E-state index in [4.69, 9.17) is 9.47 Å². The number of amides is 2. The zero-order chi connectivity index (χ0) is 20.8. The van der Waals surface area contributed by atoms with Crippen LogP contribution in [0.2, 0.25) is 0 Å². The summed E-state index contributed by atoms with van der Waals surface area (Å²) in [4.78, 5) is 36.9. The third kappa shape index (κ3) is 4.18. The number of ether oxygens (including phenoxy) is 2. The van der Waals surface area contributed by atoms with E-state index in [2.05, 4.69) is 26.6 Å². The number of carbonyl (C=O) groups is 3. The molecule has 0 saturated heterocycles. The molecule has 0 radical (unpaired) electrons. The first-order valence-corrected chi connectivity index (χ1v) is 11.3. The van der Waals surface area contributed by atoms with E-state index in [1.165, 1.54) is 19.3 Å². The van der Waals surface area contributed by atoms with Crippen LogP contribution >= 0.6 is 15.9 Å². The molecule has 2 amide bonds. The lowest BCUT2D eigenvalue weighted by Gasteiger charge is -2.60. The first kappa shape index (κ1) is 20.7. The molecule has 0 spiro atoms. The summed E-state index contributed by atoms with van der Waals surface area (Å²) in [7, 11) is 0. The number of hydrogen-bond acceptors (Lipinski definition) is 5. The maximum atomic E-state index is 12.7. The van der Waals surface area contributed by atoms with Crippen molar-refractivity contribution in [1.82, 2.24) is 10.6 Å². The van der Waals surface area contributed by atoms with Gasteiger partial charge in [-0.3, -0.25) is 4.79 Å². The van der Waals surface area contributed by atoms with Crippen LogP contribution in [0.5, 0.6) is 0 Å². The number of esters is 2. The molecule has 8 heteroatoms. The van der Waals surface area contributed by atoms with Crippen molar-refractivity contribution in [3.8, 4) is 0 Å². The molecule has 29 heavy (non-hydrogen) atoms. The summed E-state index contributed by atoms with van der Waals surface area (Å²) in [5.74, 6) is 0.622. The van der Waals surface area contributed by atoms with Crippen molar-refractivity contribution < 1.29 is 23.9 Å². The van der Waals surface area contributed by atoms with Crippen molar-refractivity contribution in [2.45, 2.75) is 69.2 Å². The summed E-state index contributed by atoms with van der Waals surface area (Å²) in [6, 6.07) is -0.924. The average molecular weight is 469 g/mol. The third-order valence-electron chi connectivity index (χ3n) is 6.87. The average Bonchev–Trinajstić information content (AvgIpc) is 2.56. The van der Waals surface area contributed by atoms with Gasteiger partial charge in [0.25, 0.3) is 0 Å². The molecule has 0 aromatic carbocycles. The van der Waals surface area contributed by atoms with Gasteiger partial charge in [0.05, 0.1) is 30.3 Å². The molecular formula is C21H29BrN2O5. The van der Waals surface area contributed by atoms with Crippen LogP contribution in [0.15, 0.2) is 11.3 Å². The van der Waals surface area contributed by atoms with Gasteiger partial charge >= 0.3 is 18.0 Å². The highest BCUT2D eigenvalue weighted by atomic mass is 79.9. The smallest absolute Gasteiger partial charge is 0.338 e. The molecule has 4 saturated carbocycles. The fourth-order valence-electron chi connectivity index (χ4n) is 6.45. The highest BCUT2D eigenvalue weighted by molar-refractivity contribution is 9.10. The summed E-state index contributed by atoms with van der Waals surface area (Å²) in [6.45, 7) is 3.53. The molecule has 0 aromatic heterocycles. The monoisotopic (exact) mass is 468 g/mol. The zero-order valence-electron chi connectivity index (χ0n) is 17.0. The van der Waals surface area contributed by atoms with Crippen molar-refractivity contribution in [1.29, 1.82) is 0 Å². The number of urea groups is 1. The van der Waals surface area contributed by atoms with E-state index in [0.29, 0.717) is 29.5 Å². The molecule has 5 aliphatic rings.